The first-order chi connectivity index (χ1) is 5.38. The Morgan fingerprint density at radius 1 is 1.67 bits per heavy atom. The molecule has 0 fully saturated rings. The normalized spacial score (nSPS) is 12.9. The first-order valence-electron chi connectivity index (χ1n) is 2.99. The summed E-state index contributed by atoms with van der Waals surface area (Å²) in [6, 6.07) is 0. The van der Waals surface area contributed by atoms with Gasteiger partial charge in [-0.2, -0.15) is 8.78 Å². The number of hydrogen-bond donors (Lipinski definition) is 0. The van der Waals surface area contributed by atoms with Crippen LogP contribution in [0.5, 0.6) is 0 Å². The molecule has 0 unspecified atom stereocenters. The Labute approximate surface area is 75.5 Å². The maximum atomic E-state index is 12.2. The molecule has 0 aliphatic carbocycles. The highest BCUT2D eigenvalue weighted by atomic mass is 79.9. The second-order valence-electron chi connectivity index (χ2n) is 1.74. The van der Waals surface area contributed by atoms with Gasteiger partial charge >= 0.3 is 10.8 Å². The number of alkyl halides is 3. The zero-order valence-electron chi connectivity index (χ0n) is 6.11. The lowest BCUT2D eigenvalue weighted by Gasteiger charge is -2.03. The summed E-state index contributed by atoms with van der Waals surface area (Å²) in [4.78, 5) is 6.60. The molecule has 0 spiro atoms. The number of hydrogen-bond acceptors (Lipinski definition) is 2. The van der Waals surface area contributed by atoms with E-state index in [4.69, 9.17) is 0 Å². The van der Waals surface area contributed by atoms with Crippen LogP contribution in [-0.2, 0) is 9.53 Å². The van der Waals surface area contributed by atoms with E-state index in [0.717, 1.165) is 0 Å². The molecule has 0 aromatic carbocycles. The van der Waals surface area contributed by atoms with Crippen molar-refractivity contribution in [1.82, 2.24) is 0 Å². The molecule has 0 radical (unpaired) electrons. The van der Waals surface area contributed by atoms with Gasteiger partial charge in [-0.15, -0.1) is 0 Å². The zero-order chi connectivity index (χ0) is 9.78. The highest BCUT2D eigenvalue weighted by Crippen LogP contribution is 2.31. The molecule has 70 valence electrons. The van der Waals surface area contributed by atoms with Crippen molar-refractivity contribution in [1.29, 1.82) is 0 Å². The lowest BCUT2D eigenvalue weighted by molar-refractivity contribution is -0.137. The van der Waals surface area contributed by atoms with Gasteiger partial charge in [0, 0.05) is 0 Å². The van der Waals surface area contributed by atoms with Crippen LogP contribution in [0.4, 0.5) is 13.2 Å². The van der Waals surface area contributed by atoms with E-state index in [-0.39, 0.29) is 12.7 Å². The molecule has 0 heterocycles. The third kappa shape index (κ3) is 4.38. The molecule has 0 bridgehead atoms. The van der Waals surface area contributed by atoms with Crippen molar-refractivity contribution in [3.05, 3.63) is 11.9 Å². The predicted molar refractivity (Wildman–Crippen MR) is 39.7 cm³/mol. The number of carbonyl (C=O) groups excluding carboxylic acids is 1. The molecule has 0 aromatic rings. The first kappa shape index (κ1) is 11.5. The Hall–Kier alpha value is -0.520. The van der Waals surface area contributed by atoms with Crippen molar-refractivity contribution in [2.24, 2.45) is 0 Å². The van der Waals surface area contributed by atoms with Crippen molar-refractivity contribution in [3.8, 4) is 0 Å². The summed E-state index contributed by atoms with van der Waals surface area (Å²) in [6.07, 6.45) is 0.0955. The van der Waals surface area contributed by atoms with Gasteiger partial charge in [-0.25, -0.2) is 9.18 Å². The van der Waals surface area contributed by atoms with Gasteiger partial charge in [0.2, 0.25) is 0 Å². The Morgan fingerprint density at radius 3 is 2.50 bits per heavy atom. The fourth-order valence-electron chi connectivity index (χ4n) is 0.369. The Balaban J connectivity index is 4.26. The van der Waals surface area contributed by atoms with E-state index in [2.05, 4.69) is 4.74 Å². The Bertz CT molecular complexity index is 197. The average Bonchev–Trinajstić information content (AvgIpc) is 1.85. The molecule has 0 N–H and O–H groups in total. The highest BCUT2D eigenvalue weighted by Gasteiger charge is 2.31. The molecular weight excluding hydrogens is 241 g/mol. The average molecular weight is 247 g/mol. The van der Waals surface area contributed by atoms with E-state index in [1.54, 1.807) is 15.9 Å². The smallest absolute Gasteiger partial charge is 0.352 e. The van der Waals surface area contributed by atoms with Crippen LogP contribution < -0.4 is 0 Å². The number of allylic oxidation sites excluding steroid dienone is 1. The van der Waals surface area contributed by atoms with Crippen LogP contribution in [0.1, 0.15) is 6.92 Å². The van der Waals surface area contributed by atoms with E-state index < -0.39 is 16.6 Å². The van der Waals surface area contributed by atoms with E-state index in [1.165, 1.54) is 6.92 Å². The van der Waals surface area contributed by atoms with Gasteiger partial charge in [0.1, 0.15) is 0 Å². The molecule has 0 amide bonds. The third-order valence-corrected chi connectivity index (χ3v) is 1.18. The van der Waals surface area contributed by atoms with Crippen LogP contribution in [0.15, 0.2) is 11.9 Å². The van der Waals surface area contributed by atoms with Crippen molar-refractivity contribution in [3.63, 3.8) is 0 Å². The molecule has 0 aromatic heterocycles. The van der Waals surface area contributed by atoms with E-state index in [1.807, 2.05) is 0 Å². The van der Waals surface area contributed by atoms with Crippen LogP contribution in [0, 0.1) is 0 Å². The SMILES string of the molecule is CCOC(=O)/C=C(\F)C(F)(F)Br. The highest BCUT2D eigenvalue weighted by molar-refractivity contribution is 9.10. The summed E-state index contributed by atoms with van der Waals surface area (Å²) in [6.45, 7) is 1.49. The fourth-order valence-corrected chi connectivity index (χ4v) is 0.484. The van der Waals surface area contributed by atoms with E-state index >= 15 is 0 Å². The monoisotopic (exact) mass is 246 g/mol. The summed E-state index contributed by atoms with van der Waals surface area (Å²) in [5.41, 5.74) is 0. The summed E-state index contributed by atoms with van der Waals surface area (Å²) < 4.78 is 40.4. The van der Waals surface area contributed by atoms with Gasteiger partial charge in [-0.1, -0.05) is 0 Å². The summed E-state index contributed by atoms with van der Waals surface area (Å²) in [5, 5.41) is 0. The number of ether oxygens (including phenoxy) is 1. The molecule has 0 saturated carbocycles. The predicted octanol–water partition coefficient (Wildman–Crippen LogP) is 2.39. The first-order valence-corrected chi connectivity index (χ1v) is 3.78. The second-order valence-corrected chi connectivity index (χ2v) is 2.74. The standard InChI is InChI=1S/C6H6BrF3O2/c1-2-12-5(11)3-4(8)6(7,9)10/h3H,2H2,1H3/b4-3-. The minimum absolute atomic E-state index is 0.0104. The molecule has 2 nitrogen and oxygen atoms in total. The largest absolute Gasteiger partial charge is 0.463 e. The van der Waals surface area contributed by atoms with Crippen molar-refractivity contribution < 1.29 is 22.7 Å². The van der Waals surface area contributed by atoms with Crippen molar-refractivity contribution >= 4 is 21.9 Å². The van der Waals surface area contributed by atoms with Crippen molar-refractivity contribution in [2.45, 2.75) is 11.8 Å². The number of halogens is 4. The Morgan fingerprint density at radius 2 is 2.17 bits per heavy atom. The minimum Gasteiger partial charge on any atom is -0.463 e. The van der Waals surface area contributed by atoms with Gasteiger partial charge in [0.15, 0.2) is 5.83 Å². The van der Waals surface area contributed by atoms with Gasteiger partial charge in [0.25, 0.3) is 0 Å². The quantitative estimate of drug-likeness (QED) is 0.434. The van der Waals surface area contributed by atoms with Crippen LogP contribution in [0.25, 0.3) is 0 Å². The Kier molecular flexibility index (Phi) is 4.30. The van der Waals surface area contributed by atoms with Gasteiger partial charge in [-0.05, 0) is 22.9 Å². The third-order valence-electron chi connectivity index (χ3n) is 0.802. The van der Waals surface area contributed by atoms with Gasteiger partial charge < -0.3 is 4.74 Å². The molecule has 12 heavy (non-hydrogen) atoms. The fraction of sp³-hybridized carbons (Fsp3) is 0.500. The van der Waals surface area contributed by atoms with Crippen molar-refractivity contribution in [2.75, 3.05) is 6.61 Å². The maximum absolute atomic E-state index is 12.2. The number of rotatable bonds is 3. The molecule has 6 heteroatoms. The second kappa shape index (κ2) is 4.49. The van der Waals surface area contributed by atoms with Crippen LogP contribution in [-0.4, -0.2) is 17.4 Å². The van der Waals surface area contributed by atoms with E-state index in [0.29, 0.717) is 0 Å². The van der Waals surface area contributed by atoms with Crippen LogP contribution >= 0.6 is 15.9 Å². The number of carbonyl (C=O) groups is 1. The molecular formula is C6H6BrF3O2. The molecule has 0 aliphatic heterocycles. The minimum atomic E-state index is -3.81. The molecule has 0 rings (SSSR count). The van der Waals surface area contributed by atoms with E-state index in [9.17, 15) is 18.0 Å². The topological polar surface area (TPSA) is 26.3 Å². The van der Waals surface area contributed by atoms with Crippen LogP contribution in [0.3, 0.4) is 0 Å². The molecule has 0 aliphatic rings. The summed E-state index contributed by atoms with van der Waals surface area (Å²) in [5.74, 6) is -3.00. The molecule has 0 atom stereocenters. The summed E-state index contributed by atoms with van der Waals surface area (Å²) in [7, 11) is 0. The lowest BCUT2D eigenvalue weighted by atomic mass is 10.5. The van der Waals surface area contributed by atoms with Crippen LogP contribution in [0.2, 0.25) is 0 Å². The molecule has 0 saturated heterocycles. The van der Waals surface area contributed by atoms with Gasteiger partial charge in [-0.3, -0.25) is 0 Å². The summed E-state index contributed by atoms with van der Waals surface area (Å²) >= 11 is 1.74. The lowest BCUT2D eigenvalue weighted by Crippen LogP contribution is -2.09. The zero-order valence-corrected chi connectivity index (χ0v) is 7.70. The maximum Gasteiger partial charge on any atom is 0.352 e. The van der Waals surface area contributed by atoms with Gasteiger partial charge in [0.05, 0.1) is 12.7 Å². The number of esters is 1.